The van der Waals surface area contributed by atoms with Gasteiger partial charge in [-0.3, -0.25) is 0 Å². The second-order valence-electron chi connectivity index (χ2n) is 0.692. The topological polar surface area (TPSA) is 0 Å². The summed E-state index contributed by atoms with van der Waals surface area (Å²) in [4.78, 5) is 0. The average Bonchev–Trinajstić information content (AvgIpc) is 1.41. The quantitative estimate of drug-likeness (QED) is 0.431. The fourth-order valence-corrected chi connectivity index (χ4v) is 0.397. The molecule has 0 nitrogen and oxygen atoms in total. The zero-order valence-corrected chi connectivity index (χ0v) is 4.79. The van der Waals surface area contributed by atoms with E-state index in [0.717, 1.165) is 0 Å². The molecule has 0 N–H and O–H groups in total. The molecule has 0 saturated heterocycles. The van der Waals surface area contributed by atoms with Crippen LogP contribution in [0, 0.1) is 0 Å². The maximum atomic E-state index is 2.00. The van der Waals surface area contributed by atoms with Gasteiger partial charge in [0.15, 0.2) is 0 Å². The van der Waals surface area contributed by atoms with Crippen LogP contribution in [0.3, 0.4) is 0 Å². The predicted octanol–water partition coefficient (Wildman–Crippen LogP) is 0.911. The molecule has 0 aliphatic rings. The molecule has 0 heterocycles. The van der Waals surface area contributed by atoms with Gasteiger partial charge in [0.05, 0.1) is 0 Å². The van der Waals surface area contributed by atoms with Crippen molar-refractivity contribution in [1.29, 1.82) is 0 Å². The van der Waals surface area contributed by atoms with Gasteiger partial charge >= 0.3 is 43.4 Å². The Bertz CT molecular complexity index is 45.6. The summed E-state index contributed by atoms with van der Waals surface area (Å²) in [6.45, 7) is 2.00. The molecule has 0 unspecified atom stereocenters. The Balaban J connectivity index is 2.92. The van der Waals surface area contributed by atoms with Gasteiger partial charge in [0.2, 0.25) is 0 Å². The van der Waals surface area contributed by atoms with E-state index in [-0.39, 0.29) is 0 Å². The zero-order chi connectivity index (χ0) is 4.12. The van der Waals surface area contributed by atoms with Crippen LogP contribution in [0.1, 0.15) is 6.92 Å². The van der Waals surface area contributed by atoms with E-state index in [1.165, 1.54) is 0 Å². The maximum absolute atomic E-state index is 2.00. The summed E-state index contributed by atoms with van der Waals surface area (Å²) in [5.41, 5.74) is 0. The molecule has 0 rings (SSSR count). The Morgan fingerprint density at radius 2 is 2.20 bits per heavy atom. The molecule has 0 aliphatic heterocycles. The molecule has 0 atom stereocenters. The normalized spacial score (nSPS) is 9.40. The monoisotopic (exact) mass is 102 g/mol. The van der Waals surface area contributed by atoms with Crippen LogP contribution in [0.15, 0.2) is 12.2 Å². The minimum atomic E-state index is 2.00. The minimum absolute atomic E-state index is 2.00. The first-order valence-electron chi connectivity index (χ1n) is 1.53. The first-order chi connectivity index (χ1) is 2.41. The van der Waals surface area contributed by atoms with E-state index in [2.05, 4.69) is 0 Å². The third kappa shape index (κ3) is 4.32. The molecule has 5 heavy (non-hydrogen) atoms. The molecule has 25 valence electrons. The van der Waals surface area contributed by atoms with Gasteiger partial charge in [0, 0.05) is 0 Å². The van der Waals surface area contributed by atoms with Crippen molar-refractivity contribution < 1.29 is 20.0 Å². The Kier molecular flexibility index (Phi) is 4.60. The van der Waals surface area contributed by atoms with Crippen molar-refractivity contribution in [2.24, 2.45) is 0 Å². The summed E-state index contributed by atoms with van der Waals surface area (Å²) >= 11 is 2.00. The van der Waals surface area contributed by atoms with E-state index in [9.17, 15) is 0 Å². The number of hydrogen-bond donors (Lipinski definition) is 0. The average molecular weight is 102 g/mol. The van der Waals surface area contributed by atoms with Crippen LogP contribution < -0.4 is 0 Å². The van der Waals surface area contributed by atoms with Crippen LogP contribution in [0.5, 0.6) is 0 Å². The third-order valence-corrected chi connectivity index (χ3v) is 0.589. The van der Waals surface area contributed by atoms with Gasteiger partial charge in [-0.1, -0.05) is 0 Å². The van der Waals surface area contributed by atoms with Gasteiger partial charge < -0.3 is 0 Å². The van der Waals surface area contributed by atoms with Crippen LogP contribution in [0.25, 0.3) is 0 Å². The molecular formula is C4H6Ti+. The van der Waals surface area contributed by atoms with Crippen molar-refractivity contribution in [2.45, 2.75) is 6.92 Å². The van der Waals surface area contributed by atoms with Crippen LogP contribution >= 0.6 is 0 Å². The van der Waals surface area contributed by atoms with E-state index in [4.69, 9.17) is 0 Å². The summed E-state index contributed by atoms with van der Waals surface area (Å²) in [5.74, 6) is 0. The van der Waals surface area contributed by atoms with Crippen LogP contribution in [-0.2, 0) is 20.0 Å². The van der Waals surface area contributed by atoms with E-state index in [1.54, 1.807) is 0 Å². The zero-order valence-electron chi connectivity index (χ0n) is 3.23. The van der Waals surface area contributed by atoms with Crippen molar-refractivity contribution in [3.05, 3.63) is 12.2 Å². The Labute approximate surface area is 43.8 Å². The second kappa shape index (κ2) is 4.32. The number of allylic oxidation sites excluding steroid dienone is 2. The van der Waals surface area contributed by atoms with Crippen LogP contribution in [0.4, 0.5) is 0 Å². The summed E-state index contributed by atoms with van der Waals surface area (Å²) in [5, 5.41) is 0. The molecule has 0 spiro atoms. The molecule has 0 aromatic heterocycles. The van der Waals surface area contributed by atoms with Gasteiger partial charge in [-0.2, -0.15) is 0 Å². The Morgan fingerprint density at radius 1 is 1.60 bits per heavy atom. The molecule has 0 aromatic carbocycles. The molecule has 0 radical (unpaired) electrons. The van der Waals surface area contributed by atoms with Gasteiger partial charge in [0.25, 0.3) is 0 Å². The van der Waals surface area contributed by atoms with Gasteiger partial charge in [-0.25, -0.2) is 0 Å². The number of hydrogen-bond acceptors (Lipinski definition) is 0. The molecule has 0 fully saturated rings. The Hall–Kier alpha value is 0.324. The van der Waals surface area contributed by atoms with Crippen LogP contribution in [-0.4, -0.2) is 4.31 Å². The first kappa shape index (κ1) is 5.32. The Morgan fingerprint density at radius 3 is 2.20 bits per heavy atom. The molecular weight excluding hydrogens is 95.9 g/mol. The van der Waals surface area contributed by atoms with E-state index in [1.807, 2.05) is 43.4 Å². The van der Waals surface area contributed by atoms with Crippen molar-refractivity contribution in [2.75, 3.05) is 0 Å². The standard InChI is InChI=1S/C4H6.Ti/c1-3-4-2;/h1,3-4H,2H3;/q;+1. The fraction of sp³-hybridized carbons (Fsp3) is 0.250. The predicted molar refractivity (Wildman–Crippen MR) is 20.9 cm³/mol. The van der Waals surface area contributed by atoms with E-state index < -0.39 is 0 Å². The van der Waals surface area contributed by atoms with Gasteiger partial charge in [0.1, 0.15) is 0 Å². The van der Waals surface area contributed by atoms with Crippen LogP contribution in [0.2, 0.25) is 0 Å². The van der Waals surface area contributed by atoms with E-state index >= 15 is 0 Å². The summed E-state index contributed by atoms with van der Waals surface area (Å²) in [7, 11) is 0. The van der Waals surface area contributed by atoms with Crippen molar-refractivity contribution in [3.63, 3.8) is 0 Å². The third-order valence-electron chi connectivity index (χ3n) is 0.289. The molecule has 0 aliphatic carbocycles. The van der Waals surface area contributed by atoms with Gasteiger partial charge in [-0.05, 0) is 0 Å². The fourth-order valence-electron chi connectivity index (χ4n) is 0.0962. The molecule has 0 amide bonds. The summed E-state index contributed by atoms with van der Waals surface area (Å²) in [6.07, 6.45) is 4.00. The molecule has 1 heteroatoms. The number of rotatable bonds is 1. The molecule has 0 saturated carbocycles. The van der Waals surface area contributed by atoms with Crippen molar-refractivity contribution in [3.8, 4) is 0 Å². The molecule has 0 aromatic rings. The van der Waals surface area contributed by atoms with Crippen molar-refractivity contribution >= 4 is 4.31 Å². The molecule has 0 bridgehead atoms. The van der Waals surface area contributed by atoms with E-state index in [0.29, 0.717) is 0 Å². The van der Waals surface area contributed by atoms with Gasteiger partial charge in [-0.15, -0.1) is 0 Å². The first-order valence-corrected chi connectivity index (χ1v) is 2.43. The summed E-state index contributed by atoms with van der Waals surface area (Å²) in [6, 6.07) is 0. The summed E-state index contributed by atoms with van der Waals surface area (Å²) < 4.78 is 2.00. The van der Waals surface area contributed by atoms with Crippen molar-refractivity contribution in [1.82, 2.24) is 0 Å². The SMILES string of the molecule is CC=C[CH]=[Ti+]. The second-order valence-corrected chi connectivity index (χ2v) is 1.21.